The van der Waals surface area contributed by atoms with Gasteiger partial charge in [0, 0.05) is 12.5 Å². The zero-order valence-corrected chi connectivity index (χ0v) is 6.29. The lowest BCUT2D eigenvalue weighted by atomic mass is 10.1. The van der Waals surface area contributed by atoms with Crippen molar-refractivity contribution in [3.63, 3.8) is 0 Å². The molecule has 1 N–H and O–H groups in total. The van der Waals surface area contributed by atoms with Gasteiger partial charge in [-0.1, -0.05) is 30.3 Å². The summed E-state index contributed by atoms with van der Waals surface area (Å²) < 4.78 is 0. The first-order valence-electron chi connectivity index (χ1n) is 3.36. The topological polar surface area (TPSA) is 40.9 Å². The molecule has 0 saturated heterocycles. The van der Waals surface area contributed by atoms with Crippen LogP contribution in [0.2, 0.25) is 0 Å². The van der Waals surface area contributed by atoms with Crippen molar-refractivity contribution in [3.05, 3.63) is 35.9 Å². The number of hydrogen-bond acceptors (Lipinski definition) is 2. The van der Waals surface area contributed by atoms with E-state index in [1.165, 1.54) is 6.92 Å². The van der Waals surface area contributed by atoms with Crippen LogP contribution >= 0.6 is 0 Å². The molecule has 11 heavy (non-hydrogen) atoms. The second kappa shape index (κ2) is 3.10. The van der Waals surface area contributed by atoms with Crippen LogP contribution in [0.15, 0.2) is 30.3 Å². The van der Waals surface area contributed by atoms with E-state index in [2.05, 4.69) is 0 Å². The van der Waals surface area contributed by atoms with Gasteiger partial charge in [-0.25, -0.2) is 0 Å². The monoisotopic (exact) mass is 147 g/mol. The maximum absolute atomic E-state index is 10.7. The molecule has 0 aliphatic rings. The molecule has 0 amide bonds. The standard InChI is InChI=1S/C9H9NO/c1-7(11)9(10)8-5-3-2-4-6-8/h2-6,10H,1H3. The molecule has 0 fully saturated rings. The molecule has 0 radical (unpaired) electrons. The molecule has 1 rings (SSSR count). The number of benzene rings is 1. The average molecular weight is 147 g/mol. The van der Waals surface area contributed by atoms with Gasteiger partial charge in [-0.05, 0) is 0 Å². The van der Waals surface area contributed by atoms with E-state index in [0.29, 0.717) is 5.56 Å². The highest BCUT2D eigenvalue weighted by Crippen LogP contribution is 1.99. The van der Waals surface area contributed by atoms with Gasteiger partial charge in [0.05, 0.1) is 0 Å². The summed E-state index contributed by atoms with van der Waals surface area (Å²) >= 11 is 0. The molecule has 0 aliphatic heterocycles. The number of rotatable bonds is 2. The molecule has 0 bridgehead atoms. The number of carbonyl (C=O) groups is 1. The van der Waals surface area contributed by atoms with Crippen LogP contribution in [0, 0.1) is 5.41 Å². The smallest absolute Gasteiger partial charge is 0.177 e. The minimum absolute atomic E-state index is 0.0746. The van der Waals surface area contributed by atoms with E-state index in [1.807, 2.05) is 18.2 Å². The molecule has 0 heterocycles. The minimum atomic E-state index is -0.198. The van der Waals surface area contributed by atoms with E-state index in [9.17, 15) is 4.79 Å². The second-order valence-corrected chi connectivity index (χ2v) is 2.30. The minimum Gasteiger partial charge on any atom is -0.297 e. The second-order valence-electron chi connectivity index (χ2n) is 2.30. The molecule has 56 valence electrons. The van der Waals surface area contributed by atoms with E-state index in [1.54, 1.807) is 12.1 Å². The number of hydrogen-bond donors (Lipinski definition) is 1. The predicted octanol–water partition coefficient (Wildman–Crippen LogP) is 1.64. The summed E-state index contributed by atoms with van der Waals surface area (Å²) in [4.78, 5) is 10.7. The van der Waals surface area contributed by atoms with Gasteiger partial charge < -0.3 is 0 Å². The van der Waals surface area contributed by atoms with Crippen molar-refractivity contribution < 1.29 is 4.79 Å². The summed E-state index contributed by atoms with van der Waals surface area (Å²) in [5, 5.41) is 7.33. The Morgan fingerprint density at radius 2 is 1.82 bits per heavy atom. The molecular weight excluding hydrogens is 138 g/mol. The lowest BCUT2D eigenvalue weighted by molar-refractivity contribution is -0.111. The van der Waals surface area contributed by atoms with Crippen molar-refractivity contribution in [2.45, 2.75) is 6.92 Å². The van der Waals surface area contributed by atoms with E-state index < -0.39 is 0 Å². The quantitative estimate of drug-likeness (QED) is 0.635. The van der Waals surface area contributed by atoms with Crippen LogP contribution in [-0.2, 0) is 4.79 Å². The normalized spacial score (nSPS) is 9.18. The lowest BCUT2D eigenvalue weighted by Gasteiger charge is -1.96. The van der Waals surface area contributed by atoms with Gasteiger partial charge in [-0.15, -0.1) is 0 Å². The van der Waals surface area contributed by atoms with Crippen molar-refractivity contribution in [1.82, 2.24) is 0 Å². The fourth-order valence-corrected chi connectivity index (χ4v) is 0.808. The number of carbonyl (C=O) groups excluding carboxylic acids is 1. The zero-order valence-electron chi connectivity index (χ0n) is 6.29. The Morgan fingerprint density at radius 1 is 1.27 bits per heavy atom. The summed E-state index contributed by atoms with van der Waals surface area (Å²) in [7, 11) is 0. The van der Waals surface area contributed by atoms with Gasteiger partial charge in [0.25, 0.3) is 0 Å². The molecule has 2 nitrogen and oxygen atoms in total. The van der Waals surface area contributed by atoms with Crippen LogP contribution in [0.1, 0.15) is 12.5 Å². The van der Waals surface area contributed by atoms with Crippen LogP contribution in [0.4, 0.5) is 0 Å². The van der Waals surface area contributed by atoms with Crippen LogP contribution in [0.5, 0.6) is 0 Å². The van der Waals surface area contributed by atoms with Crippen molar-refractivity contribution in [1.29, 1.82) is 5.41 Å². The molecule has 0 spiro atoms. The maximum atomic E-state index is 10.7. The Morgan fingerprint density at radius 3 is 2.27 bits per heavy atom. The fraction of sp³-hybridized carbons (Fsp3) is 0.111. The highest BCUT2D eigenvalue weighted by molar-refractivity contribution is 6.44. The number of nitrogens with one attached hydrogen (secondary N) is 1. The Labute approximate surface area is 65.4 Å². The summed E-state index contributed by atoms with van der Waals surface area (Å²) in [6, 6.07) is 8.99. The first-order valence-corrected chi connectivity index (χ1v) is 3.36. The number of Topliss-reactive ketones (excluding diaryl/α,β-unsaturated/α-hetero) is 1. The van der Waals surface area contributed by atoms with Gasteiger partial charge >= 0.3 is 0 Å². The summed E-state index contributed by atoms with van der Waals surface area (Å²) in [6.45, 7) is 1.40. The SMILES string of the molecule is CC(=O)C(=N)c1ccccc1. The molecule has 0 unspecified atom stereocenters. The van der Waals surface area contributed by atoms with Gasteiger partial charge in [0.1, 0.15) is 5.71 Å². The van der Waals surface area contributed by atoms with Crippen molar-refractivity contribution >= 4 is 11.5 Å². The molecule has 0 aliphatic carbocycles. The van der Waals surface area contributed by atoms with Gasteiger partial charge in [-0.2, -0.15) is 0 Å². The largest absolute Gasteiger partial charge is 0.297 e. The van der Waals surface area contributed by atoms with Gasteiger partial charge in [-0.3, -0.25) is 10.2 Å². The summed E-state index contributed by atoms with van der Waals surface area (Å²) in [5.41, 5.74) is 0.755. The van der Waals surface area contributed by atoms with Crippen molar-refractivity contribution in [3.8, 4) is 0 Å². The van der Waals surface area contributed by atoms with Crippen LogP contribution in [0.25, 0.3) is 0 Å². The fourth-order valence-electron chi connectivity index (χ4n) is 0.808. The zero-order chi connectivity index (χ0) is 8.27. The number of ketones is 1. The summed E-state index contributed by atoms with van der Waals surface area (Å²) in [5.74, 6) is -0.198. The highest BCUT2D eigenvalue weighted by atomic mass is 16.1. The molecular formula is C9H9NO. The van der Waals surface area contributed by atoms with E-state index >= 15 is 0 Å². The lowest BCUT2D eigenvalue weighted by Crippen LogP contribution is -2.08. The molecule has 1 aromatic carbocycles. The van der Waals surface area contributed by atoms with E-state index in [4.69, 9.17) is 5.41 Å². The molecule has 0 saturated carbocycles. The summed E-state index contributed by atoms with van der Waals surface area (Å²) in [6.07, 6.45) is 0. The Bertz CT molecular complexity index is 277. The maximum Gasteiger partial charge on any atom is 0.177 e. The van der Waals surface area contributed by atoms with Gasteiger partial charge in [0.2, 0.25) is 0 Å². The van der Waals surface area contributed by atoms with Crippen molar-refractivity contribution in [2.24, 2.45) is 0 Å². The predicted molar refractivity (Wildman–Crippen MR) is 44.0 cm³/mol. The highest BCUT2D eigenvalue weighted by Gasteiger charge is 2.03. The van der Waals surface area contributed by atoms with Gasteiger partial charge in [0.15, 0.2) is 5.78 Å². The third kappa shape index (κ3) is 1.74. The molecule has 0 atom stereocenters. The molecule has 0 aromatic heterocycles. The first kappa shape index (κ1) is 7.66. The Hall–Kier alpha value is -1.44. The molecule has 1 aromatic rings. The first-order chi connectivity index (χ1) is 5.22. The Balaban J connectivity index is 2.95. The molecule has 2 heteroatoms. The average Bonchev–Trinajstić information content (AvgIpc) is 2.05. The van der Waals surface area contributed by atoms with Crippen LogP contribution < -0.4 is 0 Å². The van der Waals surface area contributed by atoms with Crippen LogP contribution in [-0.4, -0.2) is 11.5 Å². The van der Waals surface area contributed by atoms with E-state index in [0.717, 1.165) is 0 Å². The van der Waals surface area contributed by atoms with Crippen molar-refractivity contribution in [2.75, 3.05) is 0 Å². The van der Waals surface area contributed by atoms with E-state index in [-0.39, 0.29) is 11.5 Å². The third-order valence-electron chi connectivity index (χ3n) is 1.41. The third-order valence-corrected chi connectivity index (χ3v) is 1.41. The Kier molecular flexibility index (Phi) is 2.16. The van der Waals surface area contributed by atoms with Crippen LogP contribution in [0.3, 0.4) is 0 Å².